The van der Waals surface area contributed by atoms with E-state index in [0.717, 1.165) is 31.2 Å². The number of carbonyl (C=O) groups is 3. The number of ether oxygens (including phenoxy) is 2. The molecule has 0 aromatic heterocycles. The summed E-state index contributed by atoms with van der Waals surface area (Å²) in [4.78, 5) is 37.6. The fourth-order valence-electron chi connectivity index (χ4n) is 4.06. The minimum atomic E-state index is -0.779. The molecule has 2 aromatic carbocycles. The number of amides is 3. The van der Waals surface area contributed by atoms with Gasteiger partial charge in [-0.25, -0.2) is 0 Å². The first-order valence-corrected chi connectivity index (χ1v) is 10.9. The molecule has 8 heteroatoms. The highest BCUT2D eigenvalue weighted by Gasteiger charge is 2.26. The van der Waals surface area contributed by atoms with Crippen molar-refractivity contribution in [1.29, 1.82) is 0 Å². The number of hydrogen-bond donors (Lipinski definition) is 3. The number of anilines is 1. The molecule has 4 rings (SSSR count). The molecule has 3 amide bonds. The maximum atomic E-state index is 12.8. The van der Waals surface area contributed by atoms with Gasteiger partial charge in [0, 0.05) is 12.6 Å². The van der Waals surface area contributed by atoms with Crippen molar-refractivity contribution in [3.8, 4) is 11.5 Å². The zero-order valence-electron chi connectivity index (χ0n) is 18.0. The van der Waals surface area contributed by atoms with Crippen LogP contribution >= 0.6 is 0 Å². The number of fused-ring (bicyclic) bond motifs is 1. The highest BCUT2D eigenvalue weighted by Crippen LogP contribution is 2.32. The maximum absolute atomic E-state index is 12.8. The predicted octanol–water partition coefficient (Wildman–Crippen LogP) is 2.98. The maximum Gasteiger partial charge on any atom is 0.313 e. The highest BCUT2D eigenvalue weighted by atomic mass is 16.7. The smallest absolute Gasteiger partial charge is 0.313 e. The number of nitrogens with one attached hydrogen (secondary N) is 3. The monoisotopic (exact) mass is 437 g/mol. The largest absolute Gasteiger partial charge is 0.454 e. The third kappa shape index (κ3) is 5.01. The van der Waals surface area contributed by atoms with E-state index >= 15 is 0 Å². The van der Waals surface area contributed by atoms with E-state index in [1.165, 1.54) is 0 Å². The van der Waals surface area contributed by atoms with Gasteiger partial charge in [-0.1, -0.05) is 38.0 Å². The number of carbonyl (C=O) groups excluding carboxylic acids is 3. The molecule has 0 bridgehead atoms. The van der Waals surface area contributed by atoms with Gasteiger partial charge in [0.1, 0.15) is 0 Å². The molecule has 1 heterocycles. The molecule has 3 N–H and O–H groups in total. The van der Waals surface area contributed by atoms with E-state index < -0.39 is 11.8 Å². The van der Waals surface area contributed by atoms with Crippen molar-refractivity contribution in [1.82, 2.24) is 10.6 Å². The van der Waals surface area contributed by atoms with E-state index in [1.807, 2.05) is 12.1 Å². The molecule has 0 unspecified atom stereocenters. The Morgan fingerprint density at radius 2 is 1.75 bits per heavy atom. The molecule has 1 saturated carbocycles. The molecule has 32 heavy (non-hydrogen) atoms. The summed E-state index contributed by atoms with van der Waals surface area (Å²) in [6.45, 7) is 2.55. The predicted molar refractivity (Wildman–Crippen MR) is 118 cm³/mol. The molecular formula is C24H27N3O5. The van der Waals surface area contributed by atoms with Gasteiger partial charge in [-0.3, -0.25) is 14.4 Å². The van der Waals surface area contributed by atoms with Crippen LogP contribution in [0.1, 0.15) is 48.5 Å². The molecule has 0 spiro atoms. The zero-order valence-corrected chi connectivity index (χ0v) is 18.0. The summed E-state index contributed by atoms with van der Waals surface area (Å²) in [5.41, 5.74) is 1.41. The van der Waals surface area contributed by atoms with Crippen LogP contribution in [0.3, 0.4) is 0 Å². The molecule has 2 aromatic rings. The lowest BCUT2D eigenvalue weighted by atomic mass is 9.86. The summed E-state index contributed by atoms with van der Waals surface area (Å²) in [6, 6.07) is 12.1. The quantitative estimate of drug-likeness (QED) is 0.624. The van der Waals surface area contributed by atoms with E-state index in [1.54, 1.807) is 30.3 Å². The van der Waals surface area contributed by atoms with Crippen molar-refractivity contribution >= 4 is 23.4 Å². The van der Waals surface area contributed by atoms with Crippen molar-refractivity contribution in [3.05, 3.63) is 53.6 Å². The summed E-state index contributed by atoms with van der Waals surface area (Å²) in [6.07, 6.45) is 4.11. The van der Waals surface area contributed by atoms with E-state index in [2.05, 4.69) is 22.9 Å². The Morgan fingerprint density at radius 3 is 2.59 bits per heavy atom. The lowest BCUT2D eigenvalue weighted by Gasteiger charge is -2.29. The van der Waals surface area contributed by atoms with E-state index in [4.69, 9.17) is 9.47 Å². The fraction of sp³-hybridized carbons (Fsp3) is 0.375. The molecule has 0 saturated heterocycles. The van der Waals surface area contributed by atoms with Crippen molar-refractivity contribution in [2.45, 2.75) is 45.2 Å². The van der Waals surface area contributed by atoms with Crippen LogP contribution in [-0.2, 0) is 16.1 Å². The van der Waals surface area contributed by atoms with Crippen LogP contribution in [0.15, 0.2) is 42.5 Å². The summed E-state index contributed by atoms with van der Waals surface area (Å²) < 4.78 is 10.6. The average Bonchev–Trinajstić information content (AvgIpc) is 3.27. The number of para-hydroxylation sites is 1. The Labute approximate surface area is 186 Å². The molecular weight excluding hydrogens is 410 g/mol. The lowest BCUT2D eigenvalue weighted by molar-refractivity contribution is -0.137. The minimum absolute atomic E-state index is 0.00208. The second-order valence-corrected chi connectivity index (χ2v) is 8.21. The Morgan fingerprint density at radius 1 is 0.969 bits per heavy atom. The number of rotatable bonds is 5. The van der Waals surface area contributed by atoms with Gasteiger partial charge >= 0.3 is 11.8 Å². The first-order valence-electron chi connectivity index (χ1n) is 10.9. The summed E-state index contributed by atoms with van der Waals surface area (Å²) in [5, 5.41) is 8.24. The molecule has 2 atom stereocenters. The van der Waals surface area contributed by atoms with Crippen molar-refractivity contribution in [2.75, 3.05) is 12.1 Å². The molecule has 1 aliphatic carbocycles. The van der Waals surface area contributed by atoms with Gasteiger partial charge in [0.2, 0.25) is 6.79 Å². The Bertz CT molecular complexity index is 1020. The van der Waals surface area contributed by atoms with Gasteiger partial charge < -0.3 is 25.4 Å². The summed E-state index contributed by atoms with van der Waals surface area (Å²) >= 11 is 0. The van der Waals surface area contributed by atoms with E-state index in [9.17, 15) is 14.4 Å². The van der Waals surface area contributed by atoms with Crippen molar-refractivity contribution in [2.24, 2.45) is 5.92 Å². The van der Waals surface area contributed by atoms with Crippen LogP contribution in [0.5, 0.6) is 11.5 Å². The molecule has 8 nitrogen and oxygen atoms in total. The Kier molecular flexibility index (Phi) is 6.58. The molecule has 1 aliphatic heterocycles. The van der Waals surface area contributed by atoms with Crippen LogP contribution in [0, 0.1) is 5.92 Å². The van der Waals surface area contributed by atoms with Gasteiger partial charge in [0.15, 0.2) is 11.5 Å². The lowest BCUT2D eigenvalue weighted by Crippen LogP contribution is -2.46. The molecule has 0 radical (unpaired) electrons. The van der Waals surface area contributed by atoms with Gasteiger partial charge in [0.25, 0.3) is 5.91 Å². The standard InChI is InChI=1S/C24H27N3O5/c1-15-6-2-4-8-18(15)26-23(29)24(30)27-19-9-5-3-7-17(19)22(28)25-13-16-10-11-20-21(12-16)32-14-31-20/h3,5,7,9-12,15,18H,2,4,6,8,13-14H2,1H3,(H,25,28)(H,26,29)(H,27,30)/t15-,18+/m1/s1. The molecule has 168 valence electrons. The van der Waals surface area contributed by atoms with Crippen LogP contribution in [0.25, 0.3) is 0 Å². The van der Waals surface area contributed by atoms with E-state index in [-0.39, 0.29) is 36.5 Å². The van der Waals surface area contributed by atoms with Crippen LogP contribution in [0.4, 0.5) is 5.69 Å². The minimum Gasteiger partial charge on any atom is -0.454 e. The number of hydrogen-bond acceptors (Lipinski definition) is 5. The summed E-state index contributed by atoms with van der Waals surface area (Å²) in [5.74, 6) is -0.163. The second kappa shape index (κ2) is 9.72. The molecule has 2 aliphatic rings. The van der Waals surface area contributed by atoms with Crippen LogP contribution in [-0.4, -0.2) is 30.6 Å². The average molecular weight is 437 g/mol. The zero-order chi connectivity index (χ0) is 22.5. The van der Waals surface area contributed by atoms with Crippen molar-refractivity contribution < 1.29 is 23.9 Å². The number of benzene rings is 2. The Hall–Kier alpha value is -3.55. The van der Waals surface area contributed by atoms with Gasteiger partial charge in [0.05, 0.1) is 11.3 Å². The van der Waals surface area contributed by atoms with Gasteiger partial charge in [-0.05, 0) is 48.6 Å². The fourth-order valence-corrected chi connectivity index (χ4v) is 4.06. The SMILES string of the molecule is C[C@@H]1CCCC[C@@H]1NC(=O)C(=O)Nc1ccccc1C(=O)NCc1ccc2c(c1)OCO2. The summed E-state index contributed by atoms with van der Waals surface area (Å²) in [7, 11) is 0. The van der Waals surface area contributed by atoms with Gasteiger partial charge in [-0.15, -0.1) is 0 Å². The third-order valence-corrected chi connectivity index (χ3v) is 5.94. The molecule has 1 fully saturated rings. The first kappa shape index (κ1) is 21.7. The highest BCUT2D eigenvalue weighted by molar-refractivity contribution is 6.40. The topological polar surface area (TPSA) is 106 Å². The van der Waals surface area contributed by atoms with Crippen molar-refractivity contribution in [3.63, 3.8) is 0 Å². The van der Waals surface area contributed by atoms with Crippen LogP contribution < -0.4 is 25.4 Å². The normalized spacial score (nSPS) is 19.2. The second-order valence-electron chi connectivity index (χ2n) is 8.21. The Balaban J connectivity index is 1.36. The first-order chi connectivity index (χ1) is 15.5. The third-order valence-electron chi connectivity index (χ3n) is 5.94. The van der Waals surface area contributed by atoms with E-state index in [0.29, 0.717) is 17.4 Å². The van der Waals surface area contributed by atoms with Crippen LogP contribution in [0.2, 0.25) is 0 Å². The van der Waals surface area contributed by atoms with Gasteiger partial charge in [-0.2, -0.15) is 0 Å².